The highest BCUT2D eigenvalue weighted by molar-refractivity contribution is 5.16. The lowest BCUT2D eigenvalue weighted by atomic mass is 10.2. The van der Waals surface area contributed by atoms with Gasteiger partial charge in [0.05, 0.1) is 0 Å². The maximum Gasteiger partial charge on any atom is 0.123 e. The Morgan fingerprint density at radius 3 is 2.19 bits per heavy atom. The second kappa shape index (κ2) is 6.78. The van der Waals surface area contributed by atoms with Crippen LogP contribution in [0.15, 0.2) is 48.8 Å². The zero-order valence-electron chi connectivity index (χ0n) is 12.1. The molecule has 2 heterocycles. The Labute approximate surface area is 125 Å². The van der Waals surface area contributed by atoms with Crippen LogP contribution >= 0.6 is 0 Å². The lowest BCUT2D eigenvalue weighted by Crippen LogP contribution is -2.45. The lowest BCUT2D eigenvalue weighted by Gasteiger charge is -2.34. The minimum atomic E-state index is -0.150. The molecule has 0 radical (unpaired) electrons. The van der Waals surface area contributed by atoms with E-state index in [-0.39, 0.29) is 5.82 Å². The maximum absolute atomic E-state index is 13.2. The van der Waals surface area contributed by atoms with Crippen molar-refractivity contribution in [3.05, 3.63) is 65.7 Å². The van der Waals surface area contributed by atoms with Gasteiger partial charge in [-0.3, -0.25) is 14.8 Å². The van der Waals surface area contributed by atoms with Gasteiger partial charge < -0.3 is 0 Å². The van der Waals surface area contributed by atoms with Crippen LogP contribution in [-0.2, 0) is 13.1 Å². The van der Waals surface area contributed by atoms with E-state index in [0.717, 1.165) is 44.8 Å². The summed E-state index contributed by atoms with van der Waals surface area (Å²) in [5, 5.41) is 0. The molecule has 1 aliphatic rings. The highest BCUT2D eigenvalue weighted by atomic mass is 19.1. The van der Waals surface area contributed by atoms with Crippen molar-refractivity contribution >= 4 is 0 Å². The Morgan fingerprint density at radius 2 is 1.57 bits per heavy atom. The largest absolute Gasteiger partial charge is 0.297 e. The van der Waals surface area contributed by atoms with Crippen molar-refractivity contribution in [1.82, 2.24) is 14.8 Å². The second-order valence-corrected chi connectivity index (χ2v) is 5.54. The van der Waals surface area contributed by atoms with E-state index in [4.69, 9.17) is 0 Å². The number of rotatable bonds is 4. The fourth-order valence-corrected chi connectivity index (χ4v) is 2.75. The number of nitrogens with zero attached hydrogens (tertiary/aromatic N) is 3. The molecule has 4 heteroatoms. The first-order chi connectivity index (χ1) is 10.3. The third kappa shape index (κ3) is 4.09. The molecule has 110 valence electrons. The molecule has 1 aliphatic heterocycles. The molecule has 0 saturated carbocycles. The number of benzene rings is 1. The summed E-state index contributed by atoms with van der Waals surface area (Å²) in [6.45, 7) is 5.93. The average Bonchev–Trinajstić information content (AvgIpc) is 2.50. The normalized spacial score (nSPS) is 17.0. The molecule has 0 unspecified atom stereocenters. The second-order valence-electron chi connectivity index (χ2n) is 5.54. The number of aromatic nitrogens is 1. The minimum absolute atomic E-state index is 0.150. The van der Waals surface area contributed by atoms with Gasteiger partial charge in [-0.25, -0.2) is 4.39 Å². The van der Waals surface area contributed by atoms with Gasteiger partial charge in [0.25, 0.3) is 0 Å². The van der Waals surface area contributed by atoms with Crippen LogP contribution in [0.1, 0.15) is 11.1 Å². The molecule has 1 aromatic carbocycles. The first kappa shape index (κ1) is 14.2. The fourth-order valence-electron chi connectivity index (χ4n) is 2.75. The summed E-state index contributed by atoms with van der Waals surface area (Å²) in [4.78, 5) is 8.98. The summed E-state index contributed by atoms with van der Waals surface area (Å²) in [5.41, 5.74) is 2.31. The number of halogens is 1. The van der Waals surface area contributed by atoms with Crippen LogP contribution in [0.25, 0.3) is 0 Å². The number of hydrogen-bond acceptors (Lipinski definition) is 3. The van der Waals surface area contributed by atoms with Crippen molar-refractivity contribution in [3.8, 4) is 0 Å². The van der Waals surface area contributed by atoms with Crippen molar-refractivity contribution in [2.45, 2.75) is 13.1 Å². The summed E-state index contributed by atoms with van der Waals surface area (Å²) >= 11 is 0. The van der Waals surface area contributed by atoms with Crippen molar-refractivity contribution in [2.75, 3.05) is 26.2 Å². The molecule has 0 atom stereocenters. The van der Waals surface area contributed by atoms with Gasteiger partial charge in [0, 0.05) is 51.7 Å². The van der Waals surface area contributed by atoms with Crippen molar-refractivity contribution in [2.24, 2.45) is 0 Å². The minimum Gasteiger partial charge on any atom is -0.297 e. The summed E-state index contributed by atoms with van der Waals surface area (Å²) in [7, 11) is 0. The van der Waals surface area contributed by atoms with E-state index in [0.29, 0.717) is 0 Å². The molecule has 1 fully saturated rings. The van der Waals surface area contributed by atoms with Crippen LogP contribution in [-0.4, -0.2) is 41.0 Å². The lowest BCUT2D eigenvalue weighted by molar-refractivity contribution is 0.122. The third-order valence-corrected chi connectivity index (χ3v) is 3.89. The van der Waals surface area contributed by atoms with Gasteiger partial charge in [-0.2, -0.15) is 0 Å². The molecule has 3 nitrogen and oxygen atoms in total. The molecule has 0 aliphatic carbocycles. The first-order valence-corrected chi connectivity index (χ1v) is 7.38. The summed E-state index contributed by atoms with van der Waals surface area (Å²) in [6, 6.07) is 11.0. The first-order valence-electron chi connectivity index (χ1n) is 7.38. The molecule has 21 heavy (non-hydrogen) atoms. The van der Waals surface area contributed by atoms with Crippen molar-refractivity contribution < 1.29 is 4.39 Å². The van der Waals surface area contributed by atoms with Crippen molar-refractivity contribution in [3.63, 3.8) is 0 Å². The van der Waals surface area contributed by atoms with Gasteiger partial charge in [-0.05, 0) is 29.3 Å². The quantitative estimate of drug-likeness (QED) is 0.860. The Balaban J connectivity index is 1.49. The predicted octanol–water partition coefficient (Wildman–Crippen LogP) is 2.54. The Morgan fingerprint density at radius 1 is 0.905 bits per heavy atom. The summed E-state index contributed by atoms with van der Waals surface area (Å²) in [5.74, 6) is -0.150. The standard InChI is InChI=1S/C17H20FN3/c18-17-5-1-3-15(11-17)13-20-7-9-21(10-8-20)14-16-4-2-6-19-12-16/h1-6,11-12H,7-10,13-14H2. The van der Waals surface area contributed by atoms with E-state index in [1.807, 2.05) is 18.3 Å². The third-order valence-electron chi connectivity index (χ3n) is 3.89. The molecule has 3 rings (SSSR count). The topological polar surface area (TPSA) is 19.4 Å². The van der Waals surface area contributed by atoms with Crippen LogP contribution < -0.4 is 0 Å². The van der Waals surface area contributed by atoms with E-state index in [1.165, 1.54) is 11.6 Å². The number of pyridine rings is 1. The predicted molar refractivity (Wildman–Crippen MR) is 81.2 cm³/mol. The Hall–Kier alpha value is -1.78. The van der Waals surface area contributed by atoms with Crippen LogP contribution in [0.4, 0.5) is 4.39 Å². The molecule has 1 aromatic heterocycles. The van der Waals surface area contributed by atoms with Crippen LogP contribution in [0.5, 0.6) is 0 Å². The Bertz CT molecular complexity index is 565. The zero-order chi connectivity index (χ0) is 14.5. The fraction of sp³-hybridized carbons (Fsp3) is 0.353. The Kier molecular flexibility index (Phi) is 4.58. The SMILES string of the molecule is Fc1cccc(CN2CCN(Cc3cccnc3)CC2)c1. The smallest absolute Gasteiger partial charge is 0.123 e. The number of hydrogen-bond donors (Lipinski definition) is 0. The van der Waals surface area contributed by atoms with E-state index >= 15 is 0 Å². The highest BCUT2D eigenvalue weighted by Gasteiger charge is 2.17. The van der Waals surface area contributed by atoms with Crippen molar-refractivity contribution in [1.29, 1.82) is 0 Å². The van der Waals surface area contributed by atoms with E-state index in [9.17, 15) is 4.39 Å². The van der Waals surface area contributed by atoms with E-state index < -0.39 is 0 Å². The molecule has 0 bridgehead atoms. The summed E-state index contributed by atoms with van der Waals surface area (Å²) in [6.07, 6.45) is 3.74. The highest BCUT2D eigenvalue weighted by Crippen LogP contribution is 2.11. The van der Waals surface area contributed by atoms with Gasteiger partial charge in [0.15, 0.2) is 0 Å². The van der Waals surface area contributed by atoms with Crippen LogP contribution in [0.3, 0.4) is 0 Å². The van der Waals surface area contributed by atoms with Crippen LogP contribution in [0, 0.1) is 5.82 Å². The molecule has 2 aromatic rings. The molecule has 1 saturated heterocycles. The molecular formula is C17H20FN3. The van der Waals surface area contributed by atoms with Gasteiger partial charge in [0.1, 0.15) is 5.82 Å². The molecular weight excluding hydrogens is 265 g/mol. The summed E-state index contributed by atoms with van der Waals surface area (Å²) < 4.78 is 13.2. The van der Waals surface area contributed by atoms with Gasteiger partial charge in [0.2, 0.25) is 0 Å². The molecule has 0 spiro atoms. The van der Waals surface area contributed by atoms with E-state index in [1.54, 1.807) is 18.3 Å². The van der Waals surface area contributed by atoms with Gasteiger partial charge in [-0.1, -0.05) is 18.2 Å². The molecule has 0 amide bonds. The maximum atomic E-state index is 13.2. The van der Waals surface area contributed by atoms with E-state index in [2.05, 4.69) is 20.9 Å². The monoisotopic (exact) mass is 285 g/mol. The molecule has 0 N–H and O–H groups in total. The van der Waals surface area contributed by atoms with Gasteiger partial charge in [-0.15, -0.1) is 0 Å². The van der Waals surface area contributed by atoms with Gasteiger partial charge >= 0.3 is 0 Å². The number of piperazine rings is 1. The zero-order valence-corrected chi connectivity index (χ0v) is 12.1. The van der Waals surface area contributed by atoms with Crippen LogP contribution in [0.2, 0.25) is 0 Å². The average molecular weight is 285 g/mol.